The van der Waals surface area contributed by atoms with Gasteiger partial charge in [-0.2, -0.15) is 0 Å². The number of hydrogen-bond acceptors (Lipinski definition) is 2. The third-order valence-corrected chi connectivity index (χ3v) is 4.43. The molecule has 1 unspecified atom stereocenters. The van der Waals surface area contributed by atoms with Crippen molar-refractivity contribution in [3.63, 3.8) is 0 Å². The predicted octanol–water partition coefficient (Wildman–Crippen LogP) is 3.65. The fourth-order valence-electron chi connectivity index (χ4n) is 3.23. The van der Waals surface area contributed by atoms with Crippen LogP contribution >= 0.6 is 0 Å². The van der Waals surface area contributed by atoms with Gasteiger partial charge < -0.3 is 4.84 Å². The van der Waals surface area contributed by atoms with Gasteiger partial charge in [0.15, 0.2) is 5.60 Å². The van der Waals surface area contributed by atoms with Gasteiger partial charge in [-0.15, -0.1) is 0 Å². The van der Waals surface area contributed by atoms with E-state index in [4.69, 9.17) is 4.84 Å². The molecule has 0 saturated carbocycles. The van der Waals surface area contributed by atoms with Crippen LogP contribution in [0.25, 0.3) is 0 Å². The Bertz CT molecular complexity index is 489. The molecule has 2 heteroatoms. The zero-order chi connectivity index (χ0) is 12.1. The molecule has 0 bridgehead atoms. The molecule has 1 aliphatic carbocycles. The van der Waals surface area contributed by atoms with E-state index in [1.807, 2.05) is 0 Å². The molecule has 1 aromatic rings. The minimum atomic E-state index is -0.230. The monoisotopic (exact) mass is 229 g/mol. The van der Waals surface area contributed by atoms with Gasteiger partial charge in [0, 0.05) is 17.4 Å². The Morgan fingerprint density at radius 1 is 1.24 bits per heavy atom. The highest BCUT2D eigenvalue weighted by atomic mass is 16.7. The smallest absolute Gasteiger partial charge is 0.173 e. The van der Waals surface area contributed by atoms with E-state index in [0.717, 1.165) is 25.0 Å². The number of rotatable bonds is 0. The first-order valence-electron chi connectivity index (χ1n) is 6.35. The van der Waals surface area contributed by atoms with Crippen molar-refractivity contribution in [2.45, 2.75) is 45.6 Å². The molecule has 90 valence electrons. The topological polar surface area (TPSA) is 21.6 Å². The maximum atomic E-state index is 5.92. The van der Waals surface area contributed by atoms with Crippen molar-refractivity contribution >= 4 is 5.71 Å². The average Bonchev–Trinajstić information content (AvgIpc) is 2.69. The highest BCUT2D eigenvalue weighted by Gasteiger charge is 2.54. The van der Waals surface area contributed by atoms with E-state index < -0.39 is 0 Å². The number of benzene rings is 1. The molecular formula is C15H19NO. The normalized spacial score (nSPS) is 29.7. The summed E-state index contributed by atoms with van der Waals surface area (Å²) in [6.45, 7) is 6.66. The van der Waals surface area contributed by atoms with Crippen LogP contribution in [0.5, 0.6) is 0 Å². The lowest BCUT2D eigenvalue weighted by molar-refractivity contribution is -0.119. The highest BCUT2D eigenvalue weighted by molar-refractivity contribution is 5.84. The van der Waals surface area contributed by atoms with Gasteiger partial charge in [-0.1, -0.05) is 43.3 Å². The van der Waals surface area contributed by atoms with Gasteiger partial charge in [-0.25, -0.2) is 0 Å². The molecule has 3 rings (SSSR count). The maximum absolute atomic E-state index is 5.92. The summed E-state index contributed by atoms with van der Waals surface area (Å²) in [5.74, 6) is 0. The predicted molar refractivity (Wildman–Crippen MR) is 69.0 cm³/mol. The first-order valence-corrected chi connectivity index (χ1v) is 6.35. The van der Waals surface area contributed by atoms with Crippen molar-refractivity contribution in [1.29, 1.82) is 0 Å². The molecule has 2 nitrogen and oxygen atoms in total. The SMILES string of the molecule is CC1=NOC2(C1)c1ccccc1CCC2(C)C. The zero-order valence-electron chi connectivity index (χ0n) is 10.8. The van der Waals surface area contributed by atoms with Crippen LogP contribution in [0.3, 0.4) is 0 Å². The summed E-state index contributed by atoms with van der Waals surface area (Å²) in [6.07, 6.45) is 3.23. The number of oxime groups is 1. The molecule has 0 aromatic heterocycles. The van der Waals surface area contributed by atoms with Gasteiger partial charge in [-0.05, 0) is 25.3 Å². The van der Waals surface area contributed by atoms with E-state index >= 15 is 0 Å². The fraction of sp³-hybridized carbons (Fsp3) is 0.533. The van der Waals surface area contributed by atoms with Crippen LogP contribution in [0.1, 0.15) is 44.7 Å². The average molecular weight is 229 g/mol. The van der Waals surface area contributed by atoms with Crippen molar-refractivity contribution in [3.05, 3.63) is 35.4 Å². The largest absolute Gasteiger partial charge is 0.383 e. The number of hydrogen-bond donors (Lipinski definition) is 0. The molecule has 1 spiro atoms. The molecular weight excluding hydrogens is 210 g/mol. The quantitative estimate of drug-likeness (QED) is 0.665. The molecule has 1 atom stereocenters. The van der Waals surface area contributed by atoms with E-state index in [1.54, 1.807) is 0 Å². The Labute approximate surface area is 103 Å². The first kappa shape index (κ1) is 10.8. The van der Waals surface area contributed by atoms with E-state index in [0.29, 0.717) is 0 Å². The maximum Gasteiger partial charge on any atom is 0.173 e. The Morgan fingerprint density at radius 2 is 2.00 bits per heavy atom. The van der Waals surface area contributed by atoms with E-state index in [9.17, 15) is 0 Å². The van der Waals surface area contributed by atoms with Crippen LogP contribution in [0, 0.1) is 5.41 Å². The molecule has 1 heterocycles. The molecule has 0 fully saturated rings. The van der Waals surface area contributed by atoms with Crippen molar-refractivity contribution < 1.29 is 4.84 Å². The minimum absolute atomic E-state index is 0.141. The van der Waals surface area contributed by atoms with Crippen LogP contribution in [0.4, 0.5) is 0 Å². The molecule has 0 saturated heterocycles. The first-order chi connectivity index (χ1) is 8.05. The second-order valence-corrected chi connectivity index (χ2v) is 5.96. The summed E-state index contributed by atoms with van der Waals surface area (Å²) < 4.78 is 0. The Balaban J connectivity index is 2.17. The van der Waals surface area contributed by atoms with Gasteiger partial charge in [0.05, 0.1) is 5.71 Å². The number of aryl methyl sites for hydroxylation is 1. The second-order valence-electron chi connectivity index (χ2n) is 5.96. The van der Waals surface area contributed by atoms with Crippen LogP contribution < -0.4 is 0 Å². The third kappa shape index (κ3) is 1.36. The summed E-state index contributed by atoms with van der Waals surface area (Å²) in [7, 11) is 0. The Hall–Kier alpha value is -1.31. The standard InChI is InChI=1S/C15H19NO/c1-11-10-15(17-16-11)13-7-5-4-6-12(13)8-9-14(15,2)3/h4-7H,8-10H2,1-3H3. The molecule has 1 aliphatic heterocycles. The van der Waals surface area contributed by atoms with E-state index in [1.165, 1.54) is 11.1 Å². The zero-order valence-corrected chi connectivity index (χ0v) is 10.8. The molecule has 0 N–H and O–H groups in total. The Kier molecular flexibility index (Phi) is 2.13. The molecule has 1 aromatic carbocycles. The van der Waals surface area contributed by atoms with E-state index in [2.05, 4.69) is 50.2 Å². The van der Waals surface area contributed by atoms with Gasteiger partial charge in [0.2, 0.25) is 0 Å². The van der Waals surface area contributed by atoms with Gasteiger partial charge in [-0.3, -0.25) is 0 Å². The van der Waals surface area contributed by atoms with Crippen molar-refractivity contribution in [1.82, 2.24) is 0 Å². The highest BCUT2D eigenvalue weighted by Crippen LogP contribution is 2.54. The molecule has 2 aliphatic rings. The van der Waals surface area contributed by atoms with Gasteiger partial charge in [0.25, 0.3) is 0 Å². The number of nitrogens with zero attached hydrogens (tertiary/aromatic N) is 1. The summed E-state index contributed by atoms with van der Waals surface area (Å²) in [4.78, 5) is 5.92. The molecule has 0 radical (unpaired) electrons. The lowest BCUT2D eigenvalue weighted by atomic mass is 9.61. The van der Waals surface area contributed by atoms with Crippen LogP contribution in [-0.2, 0) is 16.9 Å². The lowest BCUT2D eigenvalue weighted by Gasteiger charge is -2.46. The van der Waals surface area contributed by atoms with Gasteiger partial charge in [0.1, 0.15) is 0 Å². The summed E-state index contributed by atoms with van der Waals surface area (Å²) in [5, 5.41) is 4.22. The summed E-state index contributed by atoms with van der Waals surface area (Å²) >= 11 is 0. The van der Waals surface area contributed by atoms with Crippen molar-refractivity contribution in [2.75, 3.05) is 0 Å². The van der Waals surface area contributed by atoms with Crippen LogP contribution in [0.2, 0.25) is 0 Å². The third-order valence-electron chi connectivity index (χ3n) is 4.43. The van der Waals surface area contributed by atoms with Crippen LogP contribution in [-0.4, -0.2) is 5.71 Å². The van der Waals surface area contributed by atoms with Crippen molar-refractivity contribution in [3.8, 4) is 0 Å². The van der Waals surface area contributed by atoms with Crippen LogP contribution in [0.15, 0.2) is 29.4 Å². The Morgan fingerprint density at radius 3 is 2.71 bits per heavy atom. The summed E-state index contributed by atoms with van der Waals surface area (Å²) in [5.41, 5.74) is 3.79. The molecule has 17 heavy (non-hydrogen) atoms. The van der Waals surface area contributed by atoms with E-state index in [-0.39, 0.29) is 11.0 Å². The minimum Gasteiger partial charge on any atom is -0.383 e. The molecule has 0 amide bonds. The van der Waals surface area contributed by atoms with Crippen molar-refractivity contribution in [2.24, 2.45) is 10.6 Å². The van der Waals surface area contributed by atoms with Gasteiger partial charge >= 0.3 is 0 Å². The summed E-state index contributed by atoms with van der Waals surface area (Å²) in [6, 6.07) is 8.67. The second kappa shape index (κ2) is 3.34. The lowest BCUT2D eigenvalue weighted by Crippen LogP contribution is -2.46. The fourth-order valence-corrected chi connectivity index (χ4v) is 3.23. The number of fused-ring (bicyclic) bond motifs is 2.